The normalized spacial score (nSPS) is 14.3. The summed E-state index contributed by atoms with van der Waals surface area (Å²) in [4.78, 5) is 37.6. The Balaban J connectivity index is 1.58. The van der Waals surface area contributed by atoms with Crippen LogP contribution in [0.4, 0.5) is 16.2 Å². The minimum absolute atomic E-state index is 0.0282. The first-order chi connectivity index (χ1) is 17.3. The van der Waals surface area contributed by atoms with Gasteiger partial charge in [0.05, 0.1) is 34.2 Å². The zero-order valence-electron chi connectivity index (χ0n) is 19.1. The Morgan fingerprint density at radius 2 is 1.78 bits per heavy atom. The molecule has 1 aliphatic heterocycles. The van der Waals surface area contributed by atoms with Crippen molar-refractivity contribution >= 4 is 56.3 Å². The maximum Gasteiger partial charge on any atom is 0.298 e. The van der Waals surface area contributed by atoms with Crippen molar-refractivity contribution in [2.45, 2.75) is 6.61 Å². The predicted molar refractivity (Wildman–Crippen MR) is 140 cm³/mol. The second-order valence-corrected chi connectivity index (χ2v) is 9.29. The first-order valence-corrected chi connectivity index (χ1v) is 12.1. The molecule has 0 radical (unpaired) electrons. The van der Waals surface area contributed by atoms with E-state index in [9.17, 15) is 19.7 Å². The van der Waals surface area contributed by atoms with Crippen molar-refractivity contribution in [2.75, 3.05) is 19.1 Å². The highest BCUT2D eigenvalue weighted by Crippen LogP contribution is 2.42. The van der Waals surface area contributed by atoms with Gasteiger partial charge in [-0.05, 0) is 69.2 Å². The van der Waals surface area contributed by atoms with Crippen molar-refractivity contribution in [1.29, 1.82) is 0 Å². The van der Waals surface area contributed by atoms with Gasteiger partial charge in [0.15, 0.2) is 11.5 Å². The highest BCUT2D eigenvalue weighted by atomic mass is 79.9. The molecule has 9 nitrogen and oxygen atoms in total. The van der Waals surface area contributed by atoms with E-state index in [1.54, 1.807) is 54.6 Å². The van der Waals surface area contributed by atoms with Crippen molar-refractivity contribution < 1.29 is 28.7 Å². The summed E-state index contributed by atoms with van der Waals surface area (Å²) < 4.78 is 17.2. The van der Waals surface area contributed by atoms with Crippen LogP contribution < -0.4 is 19.1 Å². The lowest BCUT2D eigenvalue weighted by Crippen LogP contribution is -2.28. The number of carbonyl (C=O) groups is 2. The molecule has 4 rings (SSSR count). The van der Waals surface area contributed by atoms with E-state index >= 15 is 0 Å². The van der Waals surface area contributed by atoms with Gasteiger partial charge in [0.1, 0.15) is 12.4 Å². The number of amides is 2. The van der Waals surface area contributed by atoms with Crippen LogP contribution in [-0.4, -0.2) is 30.3 Å². The van der Waals surface area contributed by atoms with Crippen LogP contribution in [-0.2, 0) is 11.4 Å². The summed E-state index contributed by atoms with van der Waals surface area (Å²) in [5.74, 6) is 0.722. The van der Waals surface area contributed by atoms with Gasteiger partial charge in [-0.2, -0.15) is 0 Å². The summed E-state index contributed by atoms with van der Waals surface area (Å²) in [5.41, 5.74) is 1.56. The average Bonchev–Trinajstić information content (AvgIpc) is 3.15. The van der Waals surface area contributed by atoms with E-state index in [0.717, 1.165) is 16.7 Å². The predicted octanol–water partition coefficient (Wildman–Crippen LogP) is 6.19. The van der Waals surface area contributed by atoms with Crippen LogP contribution in [0.2, 0.25) is 0 Å². The summed E-state index contributed by atoms with van der Waals surface area (Å²) in [6, 6.07) is 16.3. The minimum atomic E-state index is -0.468. The van der Waals surface area contributed by atoms with Gasteiger partial charge in [-0.3, -0.25) is 19.7 Å². The van der Waals surface area contributed by atoms with Crippen molar-refractivity contribution in [2.24, 2.45) is 0 Å². The standard InChI is InChI=1S/C25H19BrN2O7S/c1-33-20-9-4-3-8-19(20)27-24(29)22(36-25(27)30)13-16-11-18(26)23(21(12-16)34-2)35-14-15-6-5-7-17(10-15)28(31)32/h3-13H,14H2,1-2H3/b22-13-. The zero-order valence-corrected chi connectivity index (χ0v) is 21.5. The summed E-state index contributed by atoms with van der Waals surface area (Å²) >= 11 is 4.29. The number of ether oxygens (including phenoxy) is 3. The lowest BCUT2D eigenvalue weighted by atomic mass is 10.1. The van der Waals surface area contributed by atoms with Crippen LogP contribution in [0, 0.1) is 10.1 Å². The molecule has 3 aromatic rings. The molecule has 1 fully saturated rings. The zero-order chi connectivity index (χ0) is 25.8. The lowest BCUT2D eigenvalue weighted by Gasteiger charge is -2.15. The molecule has 0 bridgehead atoms. The molecule has 2 amide bonds. The number of nitro groups is 1. The molecular weight excluding hydrogens is 552 g/mol. The van der Waals surface area contributed by atoms with Crippen LogP contribution >= 0.6 is 27.7 Å². The Hall–Kier alpha value is -3.83. The highest BCUT2D eigenvalue weighted by Gasteiger charge is 2.37. The molecule has 11 heteroatoms. The van der Waals surface area contributed by atoms with Crippen molar-refractivity contribution in [3.8, 4) is 17.2 Å². The summed E-state index contributed by atoms with van der Waals surface area (Å²) in [6.45, 7) is 0.0772. The van der Waals surface area contributed by atoms with E-state index in [4.69, 9.17) is 14.2 Å². The third kappa shape index (κ3) is 5.21. The van der Waals surface area contributed by atoms with Crippen molar-refractivity contribution in [3.05, 3.63) is 91.3 Å². The second-order valence-electron chi connectivity index (χ2n) is 7.44. The molecule has 0 aliphatic carbocycles. The van der Waals surface area contributed by atoms with Crippen molar-refractivity contribution in [1.82, 2.24) is 0 Å². The molecule has 0 spiro atoms. The Morgan fingerprint density at radius 3 is 2.50 bits per heavy atom. The maximum absolute atomic E-state index is 13.1. The number of rotatable bonds is 8. The molecular formula is C25H19BrN2O7S. The molecule has 1 heterocycles. The molecule has 0 aromatic heterocycles. The number of benzene rings is 3. The molecule has 36 heavy (non-hydrogen) atoms. The largest absolute Gasteiger partial charge is 0.495 e. The van der Waals surface area contributed by atoms with Crippen molar-refractivity contribution in [3.63, 3.8) is 0 Å². The number of hydrogen-bond acceptors (Lipinski definition) is 8. The highest BCUT2D eigenvalue weighted by molar-refractivity contribution is 9.10. The number of para-hydroxylation sites is 2. The van der Waals surface area contributed by atoms with E-state index in [1.807, 2.05) is 0 Å². The van der Waals surface area contributed by atoms with Gasteiger partial charge in [0, 0.05) is 12.1 Å². The number of nitro benzene ring substituents is 1. The minimum Gasteiger partial charge on any atom is -0.495 e. The van der Waals surface area contributed by atoms with Crippen LogP contribution in [0.3, 0.4) is 0 Å². The van der Waals surface area contributed by atoms with Crippen LogP contribution in [0.5, 0.6) is 17.2 Å². The Bertz CT molecular complexity index is 1390. The summed E-state index contributed by atoms with van der Waals surface area (Å²) in [5, 5.41) is 10.6. The quantitative estimate of drug-likeness (QED) is 0.179. The number of methoxy groups -OCH3 is 2. The van der Waals surface area contributed by atoms with Gasteiger partial charge in [-0.25, -0.2) is 4.90 Å². The van der Waals surface area contributed by atoms with Gasteiger partial charge in [-0.1, -0.05) is 24.3 Å². The molecule has 0 saturated carbocycles. The number of thioether (sulfide) groups is 1. The number of hydrogen-bond donors (Lipinski definition) is 0. The first kappa shape index (κ1) is 25.3. The SMILES string of the molecule is COc1ccccc1N1C(=O)S/C(=C\c2cc(Br)c(OCc3cccc([N+](=O)[O-])c3)c(OC)c2)C1=O. The molecule has 184 valence electrons. The van der Waals surface area contributed by atoms with Gasteiger partial charge >= 0.3 is 0 Å². The third-order valence-corrected chi connectivity index (χ3v) is 6.63. The number of nitrogens with zero attached hydrogens (tertiary/aromatic N) is 2. The molecule has 0 unspecified atom stereocenters. The van der Waals surface area contributed by atoms with E-state index < -0.39 is 16.1 Å². The molecule has 1 saturated heterocycles. The van der Waals surface area contributed by atoms with Crippen LogP contribution in [0.25, 0.3) is 6.08 Å². The average molecular weight is 571 g/mol. The first-order valence-electron chi connectivity index (χ1n) is 10.5. The molecule has 1 aliphatic rings. The number of imide groups is 1. The summed E-state index contributed by atoms with van der Waals surface area (Å²) in [6.07, 6.45) is 1.60. The van der Waals surface area contributed by atoms with E-state index in [2.05, 4.69) is 15.9 Å². The number of anilines is 1. The lowest BCUT2D eigenvalue weighted by molar-refractivity contribution is -0.384. The summed E-state index contributed by atoms with van der Waals surface area (Å²) in [7, 11) is 2.95. The molecule has 0 atom stereocenters. The van der Waals surface area contributed by atoms with E-state index in [1.165, 1.54) is 26.4 Å². The van der Waals surface area contributed by atoms with Gasteiger partial charge in [0.25, 0.3) is 16.8 Å². The number of halogens is 1. The van der Waals surface area contributed by atoms with Gasteiger partial charge in [-0.15, -0.1) is 0 Å². The van der Waals surface area contributed by atoms with E-state index in [-0.39, 0.29) is 17.2 Å². The fourth-order valence-electron chi connectivity index (χ4n) is 3.52. The smallest absolute Gasteiger partial charge is 0.298 e. The fourth-order valence-corrected chi connectivity index (χ4v) is 4.93. The maximum atomic E-state index is 13.1. The van der Waals surface area contributed by atoms with Crippen LogP contribution in [0.1, 0.15) is 11.1 Å². The Morgan fingerprint density at radius 1 is 1.03 bits per heavy atom. The number of carbonyl (C=O) groups excluding carboxylic acids is 2. The molecule has 3 aromatic carbocycles. The Kier molecular flexibility index (Phi) is 7.61. The monoisotopic (exact) mass is 570 g/mol. The fraction of sp³-hybridized carbons (Fsp3) is 0.120. The van der Waals surface area contributed by atoms with Gasteiger partial charge in [0.2, 0.25) is 0 Å². The molecule has 0 N–H and O–H groups in total. The Labute approximate surface area is 218 Å². The van der Waals surface area contributed by atoms with E-state index in [0.29, 0.717) is 38.5 Å². The third-order valence-electron chi connectivity index (χ3n) is 5.17. The number of non-ortho nitro benzene ring substituents is 1. The van der Waals surface area contributed by atoms with Gasteiger partial charge < -0.3 is 14.2 Å². The topological polar surface area (TPSA) is 108 Å². The second kappa shape index (κ2) is 10.8. The van der Waals surface area contributed by atoms with Crippen LogP contribution in [0.15, 0.2) is 70.0 Å².